The summed E-state index contributed by atoms with van der Waals surface area (Å²) in [6, 6.07) is 11.3. The zero-order chi connectivity index (χ0) is 17.3. The van der Waals surface area contributed by atoms with Gasteiger partial charge >= 0.3 is 12.8 Å². The van der Waals surface area contributed by atoms with Gasteiger partial charge in [0.05, 0.1) is 16.9 Å². The first-order valence-corrected chi connectivity index (χ1v) is 8.17. The quantitative estimate of drug-likeness (QED) is 0.786. The highest BCUT2D eigenvalue weighted by Gasteiger charge is 2.50. The molecular weight excluding hydrogens is 322 g/mol. The minimum Gasteiger partial charge on any atom is -0.445 e. The molecule has 25 heavy (non-hydrogen) atoms. The van der Waals surface area contributed by atoms with Gasteiger partial charge in [0.1, 0.15) is 18.4 Å². The van der Waals surface area contributed by atoms with Gasteiger partial charge in [0, 0.05) is 24.1 Å². The lowest BCUT2D eigenvalue weighted by Crippen LogP contribution is -2.41. The molecule has 0 saturated carbocycles. The van der Waals surface area contributed by atoms with Crippen molar-refractivity contribution in [3.63, 3.8) is 0 Å². The standard InChI is InChI=1S/C18H18N3O4/c22-17(24-11-14-4-2-1-3-5-14)20-9-7-18(12-20)15-6-8-19-10-16(15)21(23)13-25-18/h1-6,8,10H,7,9,11-13H2/q+1. The molecule has 7 nitrogen and oxygen atoms in total. The Balaban J connectivity index is 1.47. The van der Waals surface area contributed by atoms with E-state index in [0.29, 0.717) is 25.2 Å². The summed E-state index contributed by atoms with van der Waals surface area (Å²) in [4.78, 5) is 30.0. The third-order valence-corrected chi connectivity index (χ3v) is 4.71. The summed E-state index contributed by atoms with van der Waals surface area (Å²) in [5, 5.41) is 0. The molecule has 1 unspecified atom stereocenters. The van der Waals surface area contributed by atoms with Crippen LogP contribution < -0.4 is 0 Å². The Morgan fingerprint density at radius 2 is 2.16 bits per heavy atom. The third-order valence-electron chi connectivity index (χ3n) is 4.71. The number of carbonyl (C=O) groups excluding carboxylic acids is 1. The van der Waals surface area contributed by atoms with Gasteiger partial charge in [-0.3, -0.25) is 4.98 Å². The second-order valence-electron chi connectivity index (χ2n) is 6.25. The van der Waals surface area contributed by atoms with Gasteiger partial charge in [-0.1, -0.05) is 30.3 Å². The van der Waals surface area contributed by atoms with Gasteiger partial charge in [-0.15, -0.1) is 0 Å². The lowest BCUT2D eigenvalue weighted by molar-refractivity contribution is -0.534. The molecule has 2 aromatic rings. The molecule has 3 heterocycles. The summed E-state index contributed by atoms with van der Waals surface area (Å²) >= 11 is 0. The van der Waals surface area contributed by atoms with Gasteiger partial charge in [-0.25, -0.2) is 4.79 Å². The molecule has 128 valence electrons. The van der Waals surface area contributed by atoms with Crippen molar-refractivity contribution in [3.8, 4) is 0 Å². The molecule has 4 rings (SSSR count). The molecule has 0 bridgehead atoms. The summed E-state index contributed by atoms with van der Waals surface area (Å²) in [7, 11) is 0. The van der Waals surface area contributed by atoms with Crippen LogP contribution in [-0.2, 0) is 21.7 Å². The van der Waals surface area contributed by atoms with Crippen LogP contribution >= 0.6 is 0 Å². The van der Waals surface area contributed by atoms with Gasteiger partial charge in [-0.05, 0) is 11.6 Å². The van der Waals surface area contributed by atoms with Crippen molar-refractivity contribution >= 4 is 11.8 Å². The minimum absolute atomic E-state index is 0.0639. The number of hydrogen-bond acceptors (Lipinski definition) is 5. The Morgan fingerprint density at radius 3 is 3.00 bits per heavy atom. The number of hydrogen-bond donors (Lipinski definition) is 0. The van der Waals surface area contributed by atoms with E-state index in [9.17, 15) is 9.70 Å². The largest absolute Gasteiger partial charge is 0.445 e. The first kappa shape index (κ1) is 15.7. The fraction of sp³-hybridized carbons (Fsp3) is 0.333. The van der Waals surface area contributed by atoms with Crippen molar-refractivity contribution in [2.24, 2.45) is 0 Å². The third kappa shape index (κ3) is 2.87. The Hall–Kier alpha value is -2.80. The van der Waals surface area contributed by atoms with Gasteiger partial charge in [0.25, 0.3) is 5.69 Å². The summed E-state index contributed by atoms with van der Waals surface area (Å²) < 4.78 is 12.0. The molecule has 1 aromatic heterocycles. The normalized spacial score (nSPS) is 22.1. The predicted molar refractivity (Wildman–Crippen MR) is 88.0 cm³/mol. The Labute approximate surface area is 144 Å². The molecule has 1 saturated heterocycles. The van der Waals surface area contributed by atoms with Crippen LogP contribution in [-0.4, -0.2) is 40.6 Å². The van der Waals surface area contributed by atoms with Crippen LogP contribution in [0, 0.1) is 4.91 Å². The Kier molecular flexibility index (Phi) is 3.93. The van der Waals surface area contributed by atoms with Crippen molar-refractivity contribution in [2.45, 2.75) is 18.6 Å². The van der Waals surface area contributed by atoms with E-state index < -0.39 is 5.60 Å². The lowest BCUT2D eigenvalue weighted by atomic mass is 9.91. The molecule has 1 amide bonds. The van der Waals surface area contributed by atoms with E-state index in [1.54, 1.807) is 23.4 Å². The fourth-order valence-corrected chi connectivity index (χ4v) is 3.39. The highest BCUT2D eigenvalue weighted by molar-refractivity contribution is 5.68. The average molecular weight is 340 g/mol. The molecule has 1 aromatic carbocycles. The molecule has 1 atom stereocenters. The van der Waals surface area contributed by atoms with E-state index in [4.69, 9.17) is 9.47 Å². The molecule has 2 aliphatic heterocycles. The van der Waals surface area contributed by atoms with E-state index in [2.05, 4.69) is 4.98 Å². The van der Waals surface area contributed by atoms with Crippen LogP contribution in [0.25, 0.3) is 0 Å². The van der Waals surface area contributed by atoms with E-state index in [1.807, 2.05) is 30.3 Å². The van der Waals surface area contributed by atoms with E-state index in [1.165, 1.54) is 0 Å². The number of carbonyl (C=O) groups is 1. The number of ether oxygens (including phenoxy) is 2. The number of rotatable bonds is 2. The molecule has 0 aliphatic carbocycles. The molecule has 1 spiro atoms. The van der Waals surface area contributed by atoms with Crippen molar-refractivity contribution in [2.75, 3.05) is 19.8 Å². The van der Waals surface area contributed by atoms with Gasteiger partial charge in [-0.2, -0.15) is 0 Å². The van der Waals surface area contributed by atoms with Crippen molar-refractivity contribution < 1.29 is 19.0 Å². The number of likely N-dealkylation sites (tertiary alicyclic amines) is 1. The first-order valence-electron chi connectivity index (χ1n) is 8.17. The smallest absolute Gasteiger partial charge is 0.410 e. The monoisotopic (exact) mass is 340 g/mol. The van der Waals surface area contributed by atoms with Gasteiger partial charge < -0.3 is 14.4 Å². The molecule has 1 fully saturated rings. The summed E-state index contributed by atoms with van der Waals surface area (Å²) in [6.07, 6.45) is 3.44. The molecule has 2 aliphatic rings. The van der Waals surface area contributed by atoms with Crippen LogP contribution in [0.3, 0.4) is 0 Å². The number of nitrogens with zero attached hydrogens (tertiary/aromatic N) is 3. The topological polar surface area (TPSA) is 71.7 Å². The number of aromatic nitrogens is 1. The van der Waals surface area contributed by atoms with Gasteiger partial charge in [0.2, 0.25) is 0 Å². The number of fused-ring (bicyclic) bond motifs is 2. The molecule has 0 radical (unpaired) electrons. The van der Waals surface area contributed by atoms with Crippen molar-refractivity contribution in [3.05, 3.63) is 64.8 Å². The average Bonchev–Trinajstić information content (AvgIpc) is 3.09. The molecular formula is C18H18N3O4+. The lowest BCUT2D eigenvalue weighted by Gasteiger charge is -2.30. The Bertz CT molecular complexity index is 811. The van der Waals surface area contributed by atoms with E-state index in [0.717, 1.165) is 15.9 Å². The van der Waals surface area contributed by atoms with Crippen molar-refractivity contribution in [1.82, 2.24) is 9.88 Å². The predicted octanol–water partition coefficient (Wildman–Crippen LogP) is 2.72. The van der Waals surface area contributed by atoms with Crippen LogP contribution in [0.1, 0.15) is 17.5 Å². The number of amides is 1. The van der Waals surface area contributed by atoms with Crippen LogP contribution in [0.15, 0.2) is 48.8 Å². The van der Waals surface area contributed by atoms with Crippen molar-refractivity contribution in [1.29, 1.82) is 0 Å². The summed E-state index contributed by atoms with van der Waals surface area (Å²) in [5.74, 6) is 0. The zero-order valence-corrected chi connectivity index (χ0v) is 13.6. The van der Waals surface area contributed by atoms with Crippen LogP contribution in [0.4, 0.5) is 10.5 Å². The maximum Gasteiger partial charge on any atom is 0.410 e. The minimum atomic E-state index is -0.662. The molecule has 0 N–H and O–H groups in total. The number of pyridine rings is 1. The first-order chi connectivity index (χ1) is 12.2. The summed E-state index contributed by atoms with van der Waals surface area (Å²) in [5.41, 5.74) is 1.57. The number of nitroso groups, excluding NO2 is 1. The van der Waals surface area contributed by atoms with Gasteiger partial charge in [0.15, 0.2) is 0 Å². The fourth-order valence-electron chi connectivity index (χ4n) is 3.39. The maximum atomic E-state index is 12.4. The zero-order valence-electron chi connectivity index (χ0n) is 13.6. The highest BCUT2D eigenvalue weighted by Crippen LogP contribution is 2.43. The summed E-state index contributed by atoms with van der Waals surface area (Å²) in [6.45, 7) is 1.06. The van der Waals surface area contributed by atoms with E-state index in [-0.39, 0.29) is 19.4 Å². The number of benzene rings is 1. The Morgan fingerprint density at radius 1 is 1.32 bits per heavy atom. The maximum absolute atomic E-state index is 12.4. The van der Waals surface area contributed by atoms with Crippen LogP contribution in [0.2, 0.25) is 0 Å². The highest BCUT2D eigenvalue weighted by atomic mass is 16.6. The second-order valence-corrected chi connectivity index (χ2v) is 6.25. The molecule has 7 heteroatoms. The van der Waals surface area contributed by atoms with Crippen LogP contribution in [0.5, 0.6) is 0 Å². The SMILES string of the molecule is O=C(OCc1ccccc1)N1CCC2(C1)OC[N+](=O)c1cnccc12. The van der Waals surface area contributed by atoms with E-state index >= 15 is 0 Å². The second kappa shape index (κ2) is 6.25.